The van der Waals surface area contributed by atoms with Crippen LogP contribution in [0.2, 0.25) is 0 Å². The SMILES string of the molecule is COc1cc(/C=N\NC(=O)COc2ccccc2[N+](=O)[O-])ccc1O. The molecule has 0 unspecified atom stereocenters. The third-order valence-electron chi connectivity index (χ3n) is 3.03. The van der Waals surface area contributed by atoms with Crippen molar-refractivity contribution in [1.29, 1.82) is 0 Å². The number of hydrogen-bond donors (Lipinski definition) is 2. The molecule has 1 amide bonds. The zero-order valence-corrected chi connectivity index (χ0v) is 13.2. The first-order valence-electron chi connectivity index (χ1n) is 7.06. The molecular weight excluding hydrogens is 330 g/mol. The highest BCUT2D eigenvalue weighted by atomic mass is 16.6. The van der Waals surface area contributed by atoms with Gasteiger partial charge in [-0.05, 0) is 29.8 Å². The summed E-state index contributed by atoms with van der Waals surface area (Å²) in [7, 11) is 1.41. The fraction of sp³-hybridized carbons (Fsp3) is 0.125. The fourth-order valence-electron chi connectivity index (χ4n) is 1.86. The van der Waals surface area contributed by atoms with Crippen molar-refractivity contribution >= 4 is 17.8 Å². The molecule has 0 atom stereocenters. The van der Waals surface area contributed by atoms with Crippen molar-refractivity contribution in [2.45, 2.75) is 0 Å². The summed E-state index contributed by atoms with van der Waals surface area (Å²) in [4.78, 5) is 21.9. The van der Waals surface area contributed by atoms with Crippen molar-refractivity contribution in [3.05, 3.63) is 58.1 Å². The van der Waals surface area contributed by atoms with Crippen LogP contribution in [0.25, 0.3) is 0 Å². The molecule has 130 valence electrons. The number of amides is 1. The van der Waals surface area contributed by atoms with E-state index in [0.717, 1.165) is 0 Å². The predicted octanol–water partition coefficient (Wildman–Crippen LogP) is 1.84. The van der Waals surface area contributed by atoms with Crippen molar-refractivity contribution < 1.29 is 24.3 Å². The number of phenolic OH excluding ortho intramolecular Hbond substituents is 1. The van der Waals surface area contributed by atoms with Gasteiger partial charge in [0.1, 0.15) is 0 Å². The molecule has 2 rings (SSSR count). The van der Waals surface area contributed by atoms with E-state index in [2.05, 4.69) is 10.5 Å². The second-order valence-electron chi connectivity index (χ2n) is 4.74. The average molecular weight is 345 g/mol. The molecule has 2 aromatic carbocycles. The lowest BCUT2D eigenvalue weighted by Gasteiger charge is -2.05. The first kappa shape index (κ1) is 17.7. The smallest absolute Gasteiger partial charge is 0.310 e. The van der Waals surface area contributed by atoms with Gasteiger partial charge in [0.25, 0.3) is 5.91 Å². The Morgan fingerprint density at radius 3 is 2.80 bits per heavy atom. The van der Waals surface area contributed by atoms with Crippen LogP contribution < -0.4 is 14.9 Å². The molecule has 0 aliphatic rings. The minimum Gasteiger partial charge on any atom is -0.504 e. The number of ether oxygens (including phenoxy) is 2. The molecule has 9 nitrogen and oxygen atoms in total. The maximum Gasteiger partial charge on any atom is 0.310 e. The number of hydrazone groups is 1. The Hall–Kier alpha value is -3.62. The van der Waals surface area contributed by atoms with E-state index in [9.17, 15) is 20.0 Å². The van der Waals surface area contributed by atoms with Crippen molar-refractivity contribution in [3.8, 4) is 17.2 Å². The summed E-state index contributed by atoms with van der Waals surface area (Å²) in [5.74, 6) is -0.327. The van der Waals surface area contributed by atoms with E-state index < -0.39 is 17.4 Å². The summed E-state index contributed by atoms with van der Waals surface area (Å²) in [5, 5.41) is 24.1. The van der Waals surface area contributed by atoms with Gasteiger partial charge >= 0.3 is 5.69 Å². The molecule has 0 spiro atoms. The molecule has 0 saturated heterocycles. The number of carbonyl (C=O) groups excluding carboxylic acids is 1. The maximum atomic E-state index is 11.7. The topological polar surface area (TPSA) is 123 Å². The van der Waals surface area contributed by atoms with Gasteiger partial charge in [0.05, 0.1) is 18.2 Å². The average Bonchev–Trinajstić information content (AvgIpc) is 2.61. The summed E-state index contributed by atoms with van der Waals surface area (Å²) in [6, 6.07) is 10.3. The Morgan fingerprint density at radius 1 is 1.32 bits per heavy atom. The Morgan fingerprint density at radius 2 is 2.08 bits per heavy atom. The standard InChI is InChI=1S/C16H15N3O6/c1-24-15-8-11(6-7-13(15)20)9-17-18-16(21)10-25-14-5-3-2-4-12(14)19(22)23/h2-9,20H,10H2,1H3,(H,18,21)/b17-9-. The molecular formula is C16H15N3O6. The monoisotopic (exact) mass is 345 g/mol. The predicted molar refractivity (Wildman–Crippen MR) is 89.0 cm³/mol. The number of carbonyl (C=O) groups is 1. The number of nitrogens with zero attached hydrogens (tertiary/aromatic N) is 2. The molecule has 0 aromatic heterocycles. The van der Waals surface area contributed by atoms with Gasteiger partial charge in [-0.1, -0.05) is 12.1 Å². The van der Waals surface area contributed by atoms with Crippen LogP contribution in [0.4, 0.5) is 5.69 Å². The first-order valence-corrected chi connectivity index (χ1v) is 7.06. The molecule has 0 bridgehead atoms. The van der Waals surface area contributed by atoms with Gasteiger partial charge in [0.2, 0.25) is 0 Å². The second-order valence-corrected chi connectivity index (χ2v) is 4.74. The van der Waals surface area contributed by atoms with Gasteiger partial charge in [-0.15, -0.1) is 0 Å². The van der Waals surface area contributed by atoms with Crippen LogP contribution >= 0.6 is 0 Å². The van der Waals surface area contributed by atoms with Crippen LogP contribution in [0.3, 0.4) is 0 Å². The number of rotatable bonds is 7. The lowest BCUT2D eigenvalue weighted by molar-refractivity contribution is -0.385. The highest BCUT2D eigenvalue weighted by molar-refractivity contribution is 5.83. The number of methoxy groups -OCH3 is 1. The van der Waals surface area contributed by atoms with E-state index in [1.54, 1.807) is 12.1 Å². The molecule has 25 heavy (non-hydrogen) atoms. The Bertz CT molecular complexity index is 806. The molecule has 0 aliphatic carbocycles. The van der Waals surface area contributed by atoms with Crippen LogP contribution in [0.5, 0.6) is 17.2 Å². The Balaban J connectivity index is 1.90. The summed E-state index contributed by atoms with van der Waals surface area (Å²) in [6.07, 6.45) is 1.35. The lowest BCUT2D eigenvalue weighted by Crippen LogP contribution is -2.24. The third-order valence-corrected chi connectivity index (χ3v) is 3.03. The first-order chi connectivity index (χ1) is 12.0. The highest BCUT2D eigenvalue weighted by Gasteiger charge is 2.14. The van der Waals surface area contributed by atoms with E-state index >= 15 is 0 Å². The number of para-hydroxylation sites is 2. The molecule has 0 heterocycles. The normalized spacial score (nSPS) is 10.4. The van der Waals surface area contributed by atoms with E-state index in [-0.39, 0.29) is 22.9 Å². The van der Waals surface area contributed by atoms with Gasteiger partial charge in [0.15, 0.2) is 23.9 Å². The number of nitro groups is 1. The van der Waals surface area contributed by atoms with E-state index in [0.29, 0.717) is 5.56 Å². The van der Waals surface area contributed by atoms with Crippen LogP contribution in [0.15, 0.2) is 47.6 Å². The van der Waals surface area contributed by atoms with Crippen LogP contribution in [-0.4, -0.2) is 35.9 Å². The number of nitrogens with one attached hydrogen (secondary N) is 1. The van der Waals surface area contributed by atoms with Crippen molar-refractivity contribution in [3.63, 3.8) is 0 Å². The van der Waals surface area contributed by atoms with Crippen LogP contribution in [0, 0.1) is 10.1 Å². The van der Waals surface area contributed by atoms with Gasteiger partial charge in [-0.2, -0.15) is 5.10 Å². The number of hydrogen-bond acceptors (Lipinski definition) is 7. The zero-order valence-electron chi connectivity index (χ0n) is 13.2. The minimum atomic E-state index is -0.594. The fourth-order valence-corrected chi connectivity index (χ4v) is 1.86. The van der Waals surface area contributed by atoms with Gasteiger partial charge in [-0.25, -0.2) is 5.43 Å². The summed E-state index contributed by atoms with van der Waals surface area (Å²) < 4.78 is 10.1. The molecule has 9 heteroatoms. The summed E-state index contributed by atoms with van der Waals surface area (Å²) in [5.41, 5.74) is 2.60. The van der Waals surface area contributed by atoms with E-state index in [1.165, 1.54) is 43.7 Å². The van der Waals surface area contributed by atoms with Gasteiger partial charge in [-0.3, -0.25) is 14.9 Å². The van der Waals surface area contributed by atoms with Crippen LogP contribution in [0.1, 0.15) is 5.56 Å². The largest absolute Gasteiger partial charge is 0.504 e. The number of nitro benzene ring substituents is 1. The Labute approximate surface area is 142 Å². The quantitative estimate of drug-likeness (QED) is 0.448. The summed E-state index contributed by atoms with van der Waals surface area (Å²) in [6.45, 7) is -0.429. The van der Waals surface area contributed by atoms with Crippen molar-refractivity contribution in [2.24, 2.45) is 5.10 Å². The summed E-state index contributed by atoms with van der Waals surface area (Å²) >= 11 is 0. The molecule has 0 saturated carbocycles. The lowest BCUT2D eigenvalue weighted by atomic mass is 10.2. The second kappa shape index (κ2) is 8.29. The number of phenols is 1. The van der Waals surface area contributed by atoms with E-state index in [1.807, 2.05) is 0 Å². The van der Waals surface area contributed by atoms with Crippen molar-refractivity contribution in [1.82, 2.24) is 5.43 Å². The highest BCUT2D eigenvalue weighted by Crippen LogP contribution is 2.26. The van der Waals surface area contributed by atoms with Crippen LogP contribution in [-0.2, 0) is 4.79 Å². The zero-order chi connectivity index (χ0) is 18.2. The molecule has 0 radical (unpaired) electrons. The number of aromatic hydroxyl groups is 1. The number of benzene rings is 2. The van der Waals surface area contributed by atoms with Gasteiger partial charge < -0.3 is 14.6 Å². The minimum absolute atomic E-state index is 0.00472. The molecule has 2 aromatic rings. The molecule has 2 N–H and O–H groups in total. The van der Waals surface area contributed by atoms with Gasteiger partial charge in [0, 0.05) is 6.07 Å². The Kier molecular flexibility index (Phi) is 5.88. The molecule has 0 aliphatic heterocycles. The van der Waals surface area contributed by atoms with E-state index in [4.69, 9.17) is 9.47 Å². The molecule has 0 fully saturated rings. The maximum absolute atomic E-state index is 11.7. The third kappa shape index (κ3) is 4.93. The van der Waals surface area contributed by atoms with Crippen molar-refractivity contribution in [2.75, 3.05) is 13.7 Å².